The molecule has 0 bridgehead atoms. The summed E-state index contributed by atoms with van der Waals surface area (Å²) >= 11 is 13.1. The van der Waals surface area contributed by atoms with Crippen LogP contribution < -0.4 is 4.74 Å². The molecule has 1 aromatic heterocycles. The maximum Gasteiger partial charge on any atom is 0.170 e. The predicted molar refractivity (Wildman–Crippen MR) is 124 cm³/mol. The largest absolute Gasteiger partial charge is 0.495 e. The standard InChI is InChI=1S/C22H15BrClNO2S2/c1-27-21-14(5-4-6-15(21)23)18(26)12-13-9-10-19(16(24)11-13)28-22-25-17-7-2-3-8-20(17)29-22/h2-11H,12H2,1H3. The number of hydrogen-bond acceptors (Lipinski definition) is 5. The molecule has 7 heteroatoms. The third kappa shape index (κ3) is 4.51. The van der Waals surface area contributed by atoms with E-state index in [-0.39, 0.29) is 12.2 Å². The molecule has 0 aliphatic heterocycles. The van der Waals surface area contributed by atoms with Crippen LogP contribution in [0.5, 0.6) is 5.75 Å². The van der Waals surface area contributed by atoms with Crippen molar-refractivity contribution in [1.29, 1.82) is 0 Å². The van der Waals surface area contributed by atoms with Crippen molar-refractivity contribution < 1.29 is 9.53 Å². The van der Waals surface area contributed by atoms with E-state index in [1.54, 1.807) is 24.5 Å². The Morgan fingerprint density at radius 1 is 1.17 bits per heavy atom. The van der Waals surface area contributed by atoms with Crippen molar-refractivity contribution in [2.45, 2.75) is 15.7 Å². The lowest BCUT2D eigenvalue weighted by molar-refractivity contribution is 0.0990. The monoisotopic (exact) mass is 503 g/mol. The number of carbonyl (C=O) groups is 1. The van der Waals surface area contributed by atoms with Gasteiger partial charge in [-0.05, 0) is 57.9 Å². The summed E-state index contributed by atoms with van der Waals surface area (Å²) < 4.78 is 8.21. The number of hydrogen-bond donors (Lipinski definition) is 0. The molecule has 1 heterocycles. The fraction of sp³-hybridized carbons (Fsp3) is 0.0909. The highest BCUT2D eigenvalue weighted by Gasteiger charge is 2.16. The first-order valence-corrected chi connectivity index (χ1v) is 11.5. The molecule has 0 radical (unpaired) electrons. The number of methoxy groups -OCH3 is 1. The Morgan fingerprint density at radius 2 is 2.00 bits per heavy atom. The summed E-state index contributed by atoms with van der Waals surface area (Å²) in [5.74, 6) is 0.525. The average molecular weight is 505 g/mol. The molecule has 4 rings (SSSR count). The summed E-state index contributed by atoms with van der Waals surface area (Å²) in [7, 11) is 1.56. The zero-order chi connectivity index (χ0) is 20.4. The molecule has 0 N–H and O–H groups in total. The van der Waals surface area contributed by atoms with Crippen molar-refractivity contribution in [3.05, 3.63) is 81.3 Å². The molecule has 3 aromatic carbocycles. The number of nitrogens with zero attached hydrogens (tertiary/aromatic N) is 1. The van der Waals surface area contributed by atoms with E-state index in [1.807, 2.05) is 48.5 Å². The van der Waals surface area contributed by atoms with Crippen LogP contribution in [0.3, 0.4) is 0 Å². The van der Waals surface area contributed by atoms with Crippen LogP contribution in [0, 0.1) is 0 Å². The normalized spacial score (nSPS) is 11.0. The second-order valence-electron chi connectivity index (χ2n) is 6.23. The van der Waals surface area contributed by atoms with Gasteiger partial charge < -0.3 is 4.74 Å². The fourth-order valence-electron chi connectivity index (χ4n) is 2.94. The average Bonchev–Trinajstić information content (AvgIpc) is 3.12. The van der Waals surface area contributed by atoms with Gasteiger partial charge in [0.1, 0.15) is 5.75 Å². The van der Waals surface area contributed by atoms with E-state index in [2.05, 4.69) is 27.0 Å². The molecule has 0 unspecified atom stereocenters. The van der Waals surface area contributed by atoms with Gasteiger partial charge in [0.25, 0.3) is 0 Å². The van der Waals surface area contributed by atoms with Crippen molar-refractivity contribution >= 4 is 66.6 Å². The number of thiazole rings is 1. The summed E-state index contributed by atoms with van der Waals surface area (Å²) in [6, 6.07) is 19.2. The van der Waals surface area contributed by atoms with Crippen molar-refractivity contribution in [3.8, 4) is 5.75 Å². The summed E-state index contributed by atoms with van der Waals surface area (Å²) in [6.07, 6.45) is 0.249. The maximum atomic E-state index is 12.8. The number of benzene rings is 3. The highest BCUT2D eigenvalue weighted by atomic mass is 79.9. The number of para-hydroxylation sites is 2. The van der Waals surface area contributed by atoms with E-state index < -0.39 is 0 Å². The van der Waals surface area contributed by atoms with Gasteiger partial charge in [-0.25, -0.2) is 4.98 Å². The Balaban J connectivity index is 1.53. The van der Waals surface area contributed by atoms with Crippen molar-refractivity contribution in [2.75, 3.05) is 7.11 Å². The van der Waals surface area contributed by atoms with E-state index in [0.29, 0.717) is 16.3 Å². The Bertz CT molecular complexity index is 1180. The first-order chi connectivity index (χ1) is 14.0. The predicted octanol–water partition coefficient (Wildman–Crippen LogP) is 7.30. The molecule has 3 nitrogen and oxygen atoms in total. The SMILES string of the molecule is COc1c(Br)cccc1C(=O)Cc1ccc(Sc2nc3ccccc3s2)c(Cl)c1. The Morgan fingerprint density at radius 3 is 2.76 bits per heavy atom. The molecule has 0 amide bonds. The number of aromatic nitrogens is 1. The minimum absolute atomic E-state index is 0.0224. The van der Waals surface area contributed by atoms with Crippen LogP contribution in [0.15, 0.2) is 74.4 Å². The zero-order valence-corrected chi connectivity index (χ0v) is 19.3. The Kier molecular flexibility index (Phi) is 6.25. The molecular formula is C22H15BrClNO2S2. The molecule has 0 saturated carbocycles. The number of halogens is 2. The number of rotatable bonds is 6. The smallest absolute Gasteiger partial charge is 0.170 e. The van der Waals surface area contributed by atoms with Crippen LogP contribution in [0.2, 0.25) is 5.02 Å². The zero-order valence-electron chi connectivity index (χ0n) is 15.3. The molecular weight excluding hydrogens is 490 g/mol. The summed E-state index contributed by atoms with van der Waals surface area (Å²) in [5.41, 5.74) is 2.39. The fourth-order valence-corrected chi connectivity index (χ4v) is 5.82. The quantitative estimate of drug-likeness (QED) is 0.258. The number of fused-ring (bicyclic) bond motifs is 1. The van der Waals surface area contributed by atoms with Crippen molar-refractivity contribution in [3.63, 3.8) is 0 Å². The number of carbonyl (C=O) groups excluding carboxylic acids is 1. The van der Waals surface area contributed by atoms with E-state index in [1.165, 1.54) is 11.8 Å². The lowest BCUT2D eigenvalue weighted by atomic mass is 10.0. The molecule has 4 aromatic rings. The minimum Gasteiger partial charge on any atom is -0.495 e. The summed E-state index contributed by atoms with van der Waals surface area (Å²) in [6.45, 7) is 0. The molecule has 29 heavy (non-hydrogen) atoms. The lowest BCUT2D eigenvalue weighted by Gasteiger charge is -2.10. The number of ether oxygens (including phenoxy) is 1. The Hall–Kier alpha value is -1.86. The third-order valence-corrected chi connectivity index (χ3v) is 7.53. The molecule has 0 spiro atoms. The number of ketones is 1. The number of Topliss-reactive ketones (excluding diaryl/α,β-unsaturated/α-hetero) is 1. The van der Waals surface area contributed by atoms with Gasteiger partial charge in [0.05, 0.1) is 32.4 Å². The minimum atomic E-state index is -0.0224. The van der Waals surface area contributed by atoms with Crippen LogP contribution in [-0.4, -0.2) is 17.9 Å². The maximum absolute atomic E-state index is 12.8. The van der Waals surface area contributed by atoms with Crippen LogP contribution in [0.1, 0.15) is 15.9 Å². The van der Waals surface area contributed by atoms with E-state index >= 15 is 0 Å². The van der Waals surface area contributed by atoms with Gasteiger partial charge in [-0.15, -0.1) is 11.3 Å². The van der Waals surface area contributed by atoms with Gasteiger partial charge in [-0.2, -0.15) is 0 Å². The highest BCUT2D eigenvalue weighted by Crippen LogP contribution is 2.38. The van der Waals surface area contributed by atoms with Crippen LogP contribution in [0.25, 0.3) is 10.2 Å². The van der Waals surface area contributed by atoms with Gasteiger partial charge in [0.2, 0.25) is 0 Å². The van der Waals surface area contributed by atoms with E-state index in [4.69, 9.17) is 16.3 Å². The first-order valence-electron chi connectivity index (χ1n) is 8.72. The van der Waals surface area contributed by atoms with Gasteiger partial charge in [0, 0.05) is 11.3 Å². The molecule has 0 saturated heterocycles. The second-order valence-corrected chi connectivity index (χ2v) is 9.82. The van der Waals surface area contributed by atoms with Crippen molar-refractivity contribution in [1.82, 2.24) is 4.98 Å². The molecule has 146 valence electrons. The molecule has 0 aliphatic carbocycles. The summed E-state index contributed by atoms with van der Waals surface area (Å²) in [4.78, 5) is 18.3. The highest BCUT2D eigenvalue weighted by molar-refractivity contribution is 9.10. The third-order valence-electron chi connectivity index (χ3n) is 4.30. The van der Waals surface area contributed by atoms with Gasteiger partial charge in [0.15, 0.2) is 10.1 Å². The van der Waals surface area contributed by atoms with Crippen LogP contribution >= 0.6 is 50.6 Å². The van der Waals surface area contributed by atoms with Gasteiger partial charge in [-0.1, -0.05) is 47.6 Å². The lowest BCUT2D eigenvalue weighted by Crippen LogP contribution is -2.06. The first kappa shape index (κ1) is 20.4. The second kappa shape index (κ2) is 8.88. The van der Waals surface area contributed by atoms with Crippen molar-refractivity contribution in [2.24, 2.45) is 0 Å². The molecule has 0 aliphatic rings. The van der Waals surface area contributed by atoms with Gasteiger partial charge >= 0.3 is 0 Å². The molecule has 0 fully saturated rings. The van der Waals surface area contributed by atoms with Crippen LogP contribution in [0.4, 0.5) is 0 Å². The molecule has 0 atom stereocenters. The Labute approximate surface area is 190 Å². The van der Waals surface area contributed by atoms with Gasteiger partial charge in [-0.3, -0.25) is 4.79 Å². The van der Waals surface area contributed by atoms with Crippen LogP contribution in [-0.2, 0) is 6.42 Å². The van der Waals surface area contributed by atoms with E-state index in [0.717, 1.165) is 29.5 Å². The summed E-state index contributed by atoms with van der Waals surface area (Å²) in [5, 5.41) is 0.612. The topological polar surface area (TPSA) is 39.2 Å². The van der Waals surface area contributed by atoms with E-state index in [9.17, 15) is 4.79 Å².